The van der Waals surface area contributed by atoms with Gasteiger partial charge in [0.25, 0.3) is 0 Å². The summed E-state index contributed by atoms with van der Waals surface area (Å²) in [5.74, 6) is 0. The Bertz CT molecular complexity index is 171. The summed E-state index contributed by atoms with van der Waals surface area (Å²) in [5, 5.41) is 12.9. The molecule has 2 N–H and O–H groups in total. The number of nitrogens with one attached hydrogen (secondary N) is 1. The summed E-state index contributed by atoms with van der Waals surface area (Å²) in [7, 11) is 0. The van der Waals surface area contributed by atoms with Gasteiger partial charge in [-0.3, -0.25) is 0 Å². The van der Waals surface area contributed by atoms with Gasteiger partial charge in [0.05, 0.1) is 12.7 Å². The Morgan fingerprint density at radius 2 is 2.27 bits per heavy atom. The number of likely N-dealkylation sites (N-methyl/N-ethyl adjacent to an activating group) is 1. The van der Waals surface area contributed by atoms with Crippen LogP contribution in [0.5, 0.6) is 0 Å². The summed E-state index contributed by atoms with van der Waals surface area (Å²) in [6.07, 6.45) is 5.74. The number of hydrogen-bond acceptors (Lipinski definition) is 3. The molecule has 0 aliphatic heterocycles. The lowest BCUT2D eigenvalue weighted by atomic mass is 9.80. The van der Waals surface area contributed by atoms with Crippen molar-refractivity contribution in [2.45, 2.75) is 57.6 Å². The van der Waals surface area contributed by atoms with E-state index in [1.807, 2.05) is 0 Å². The van der Waals surface area contributed by atoms with E-state index in [-0.39, 0.29) is 12.1 Å². The maximum Gasteiger partial charge on any atom is 0.0614 e. The third-order valence-corrected chi connectivity index (χ3v) is 3.21. The first-order valence-corrected chi connectivity index (χ1v) is 6.24. The molecule has 3 heteroatoms. The monoisotopic (exact) mass is 215 g/mol. The molecule has 2 unspecified atom stereocenters. The molecule has 0 radical (unpaired) electrons. The van der Waals surface area contributed by atoms with Gasteiger partial charge in [0.1, 0.15) is 0 Å². The minimum atomic E-state index is -0.0780. The van der Waals surface area contributed by atoms with Crippen molar-refractivity contribution in [3.8, 4) is 0 Å². The Labute approximate surface area is 93.2 Å². The van der Waals surface area contributed by atoms with Crippen molar-refractivity contribution in [2.75, 3.05) is 19.8 Å². The Balaban J connectivity index is 2.44. The molecule has 0 aromatic heterocycles. The molecule has 0 heterocycles. The van der Waals surface area contributed by atoms with E-state index in [2.05, 4.69) is 19.2 Å². The SMILES string of the molecule is CCCOC1CCCC(CO)(NCC)C1. The average Bonchev–Trinajstić information content (AvgIpc) is 2.27. The molecule has 0 bridgehead atoms. The molecule has 1 rings (SSSR count). The van der Waals surface area contributed by atoms with Gasteiger partial charge in [0.2, 0.25) is 0 Å². The Morgan fingerprint density at radius 3 is 2.87 bits per heavy atom. The van der Waals surface area contributed by atoms with Gasteiger partial charge in [-0.1, -0.05) is 13.8 Å². The third-order valence-electron chi connectivity index (χ3n) is 3.21. The fourth-order valence-corrected chi connectivity index (χ4v) is 2.47. The fourth-order valence-electron chi connectivity index (χ4n) is 2.47. The normalized spacial score (nSPS) is 31.8. The summed E-state index contributed by atoms with van der Waals surface area (Å²) in [6, 6.07) is 0. The zero-order chi connectivity index (χ0) is 11.1. The van der Waals surface area contributed by atoms with Gasteiger partial charge in [-0.15, -0.1) is 0 Å². The zero-order valence-electron chi connectivity index (χ0n) is 10.1. The molecule has 90 valence electrons. The molecule has 1 saturated carbocycles. The quantitative estimate of drug-likeness (QED) is 0.708. The minimum absolute atomic E-state index is 0.0780. The van der Waals surface area contributed by atoms with Crippen LogP contribution in [0.3, 0.4) is 0 Å². The summed E-state index contributed by atoms with van der Waals surface area (Å²) < 4.78 is 5.78. The predicted molar refractivity (Wildman–Crippen MR) is 62.0 cm³/mol. The number of aliphatic hydroxyl groups excluding tert-OH is 1. The van der Waals surface area contributed by atoms with Crippen LogP contribution in [0.25, 0.3) is 0 Å². The van der Waals surface area contributed by atoms with Crippen LogP contribution in [0.2, 0.25) is 0 Å². The first kappa shape index (κ1) is 12.9. The van der Waals surface area contributed by atoms with Crippen LogP contribution in [-0.2, 0) is 4.74 Å². The first-order chi connectivity index (χ1) is 7.26. The maximum atomic E-state index is 9.50. The smallest absolute Gasteiger partial charge is 0.0614 e. The van der Waals surface area contributed by atoms with E-state index in [1.165, 1.54) is 0 Å². The highest BCUT2D eigenvalue weighted by Gasteiger charge is 2.35. The summed E-state index contributed by atoms with van der Waals surface area (Å²) in [4.78, 5) is 0. The summed E-state index contributed by atoms with van der Waals surface area (Å²) in [6.45, 7) is 6.21. The highest BCUT2D eigenvalue weighted by molar-refractivity contribution is 4.93. The van der Waals surface area contributed by atoms with Gasteiger partial charge in [-0.2, -0.15) is 0 Å². The lowest BCUT2D eigenvalue weighted by Crippen LogP contribution is -2.53. The number of hydrogen-bond donors (Lipinski definition) is 2. The highest BCUT2D eigenvalue weighted by atomic mass is 16.5. The van der Waals surface area contributed by atoms with E-state index in [0.29, 0.717) is 6.10 Å². The molecule has 0 saturated heterocycles. The van der Waals surface area contributed by atoms with E-state index in [9.17, 15) is 5.11 Å². The Kier molecular flexibility index (Phi) is 5.58. The molecule has 1 aliphatic carbocycles. The van der Waals surface area contributed by atoms with Crippen molar-refractivity contribution < 1.29 is 9.84 Å². The van der Waals surface area contributed by atoms with E-state index >= 15 is 0 Å². The molecule has 15 heavy (non-hydrogen) atoms. The van der Waals surface area contributed by atoms with Gasteiger partial charge in [0, 0.05) is 12.1 Å². The van der Waals surface area contributed by atoms with Crippen LogP contribution in [0.15, 0.2) is 0 Å². The highest BCUT2D eigenvalue weighted by Crippen LogP contribution is 2.29. The van der Waals surface area contributed by atoms with Crippen LogP contribution in [-0.4, -0.2) is 36.5 Å². The average molecular weight is 215 g/mol. The van der Waals surface area contributed by atoms with Gasteiger partial charge in [0.15, 0.2) is 0 Å². The minimum Gasteiger partial charge on any atom is -0.394 e. The van der Waals surface area contributed by atoms with Gasteiger partial charge < -0.3 is 15.2 Å². The van der Waals surface area contributed by atoms with E-state index in [0.717, 1.165) is 45.3 Å². The number of ether oxygens (including phenoxy) is 1. The molecule has 3 nitrogen and oxygen atoms in total. The van der Waals surface area contributed by atoms with Crippen LogP contribution in [0.4, 0.5) is 0 Å². The second-order valence-electron chi connectivity index (χ2n) is 4.56. The van der Waals surface area contributed by atoms with Crippen LogP contribution >= 0.6 is 0 Å². The second kappa shape index (κ2) is 6.46. The fraction of sp³-hybridized carbons (Fsp3) is 1.00. The van der Waals surface area contributed by atoms with E-state index in [1.54, 1.807) is 0 Å². The summed E-state index contributed by atoms with van der Waals surface area (Å²) >= 11 is 0. The molecule has 2 atom stereocenters. The van der Waals surface area contributed by atoms with Crippen molar-refractivity contribution in [3.63, 3.8) is 0 Å². The zero-order valence-corrected chi connectivity index (χ0v) is 10.1. The first-order valence-electron chi connectivity index (χ1n) is 6.24. The van der Waals surface area contributed by atoms with Crippen LogP contribution in [0.1, 0.15) is 46.0 Å². The summed E-state index contributed by atoms with van der Waals surface area (Å²) in [5.41, 5.74) is -0.0780. The molecule has 0 spiro atoms. The van der Waals surface area contributed by atoms with Crippen molar-refractivity contribution in [2.24, 2.45) is 0 Å². The molecule has 1 fully saturated rings. The topological polar surface area (TPSA) is 41.5 Å². The third kappa shape index (κ3) is 3.74. The van der Waals surface area contributed by atoms with Crippen molar-refractivity contribution >= 4 is 0 Å². The maximum absolute atomic E-state index is 9.50. The van der Waals surface area contributed by atoms with Crippen molar-refractivity contribution in [3.05, 3.63) is 0 Å². The lowest BCUT2D eigenvalue weighted by Gasteiger charge is -2.40. The van der Waals surface area contributed by atoms with Gasteiger partial charge in [-0.05, 0) is 38.6 Å². The molecule has 0 amide bonds. The number of aliphatic hydroxyl groups is 1. The Hall–Kier alpha value is -0.120. The van der Waals surface area contributed by atoms with Crippen LogP contribution in [0, 0.1) is 0 Å². The van der Waals surface area contributed by atoms with Crippen molar-refractivity contribution in [1.29, 1.82) is 0 Å². The lowest BCUT2D eigenvalue weighted by molar-refractivity contribution is -0.0150. The largest absolute Gasteiger partial charge is 0.394 e. The molecule has 1 aliphatic rings. The van der Waals surface area contributed by atoms with Crippen molar-refractivity contribution in [1.82, 2.24) is 5.32 Å². The Morgan fingerprint density at radius 1 is 1.47 bits per heavy atom. The van der Waals surface area contributed by atoms with Gasteiger partial charge in [-0.25, -0.2) is 0 Å². The van der Waals surface area contributed by atoms with E-state index in [4.69, 9.17) is 4.74 Å². The number of rotatable bonds is 6. The van der Waals surface area contributed by atoms with Gasteiger partial charge >= 0.3 is 0 Å². The molecular weight excluding hydrogens is 190 g/mol. The molecular formula is C12H25NO2. The predicted octanol–water partition coefficient (Wildman–Crippen LogP) is 1.70. The second-order valence-corrected chi connectivity index (χ2v) is 4.56. The standard InChI is InChI=1S/C12H25NO2/c1-3-8-15-11-6-5-7-12(9-11,10-14)13-4-2/h11,13-14H,3-10H2,1-2H3. The van der Waals surface area contributed by atoms with E-state index < -0.39 is 0 Å². The molecule has 0 aromatic rings. The van der Waals surface area contributed by atoms with Crippen LogP contribution < -0.4 is 5.32 Å². The molecule has 0 aromatic carbocycles.